The van der Waals surface area contributed by atoms with E-state index in [-0.39, 0.29) is 0 Å². The second kappa shape index (κ2) is 8.68. The lowest BCUT2D eigenvalue weighted by Gasteiger charge is -2.37. The first kappa shape index (κ1) is 15.7. The Morgan fingerprint density at radius 1 is 1.28 bits per heavy atom. The lowest BCUT2D eigenvalue weighted by molar-refractivity contribution is 0.208. The molecule has 3 nitrogen and oxygen atoms in total. The van der Waals surface area contributed by atoms with Crippen molar-refractivity contribution in [1.82, 2.24) is 10.2 Å². The highest BCUT2D eigenvalue weighted by Gasteiger charge is 2.23. The zero-order chi connectivity index (χ0) is 13.4. The Morgan fingerprint density at radius 2 is 1.94 bits per heavy atom. The van der Waals surface area contributed by atoms with Crippen molar-refractivity contribution < 1.29 is 0 Å². The summed E-state index contributed by atoms with van der Waals surface area (Å²) in [4.78, 5) is 6.85. The van der Waals surface area contributed by atoms with Gasteiger partial charge in [0.1, 0.15) is 0 Å². The fourth-order valence-corrected chi connectivity index (χ4v) is 3.23. The van der Waals surface area contributed by atoms with E-state index in [1.807, 2.05) is 18.8 Å². The van der Waals surface area contributed by atoms with Crippen LogP contribution in [0.25, 0.3) is 0 Å². The molecule has 2 atom stereocenters. The normalized spacial score (nSPS) is 25.3. The number of hydrogen-bond donors (Lipinski definition) is 1. The van der Waals surface area contributed by atoms with Gasteiger partial charge in [-0.25, -0.2) is 0 Å². The third-order valence-corrected chi connectivity index (χ3v) is 4.14. The van der Waals surface area contributed by atoms with E-state index in [0.717, 1.165) is 37.4 Å². The molecule has 0 aromatic rings. The number of nitrogens with one attached hydrogen (secondary N) is 1. The Bertz CT molecular complexity index is 245. The lowest BCUT2D eigenvalue weighted by Crippen LogP contribution is -2.48. The van der Waals surface area contributed by atoms with Crippen molar-refractivity contribution in [3.8, 4) is 0 Å². The summed E-state index contributed by atoms with van der Waals surface area (Å²) < 4.78 is 0. The third-order valence-electron chi connectivity index (χ3n) is 3.44. The van der Waals surface area contributed by atoms with E-state index in [9.17, 15) is 0 Å². The van der Waals surface area contributed by atoms with Crippen LogP contribution in [-0.4, -0.2) is 49.6 Å². The maximum Gasteiger partial charge on any atom is 0.193 e. The van der Waals surface area contributed by atoms with Crippen molar-refractivity contribution >= 4 is 17.7 Å². The van der Waals surface area contributed by atoms with Crippen LogP contribution in [0.3, 0.4) is 0 Å². The predicted molar refractivity (Wildman–Crippen MR) is 83.5 cm³/mol. The summed E-state index contributed by atoms with van der Waals surface area (Å²) in [5.41, 5.74) is 0. The summed E-state index contributed by atoms with van der Waals surface area (Å²) in [5.74, 6) is 3.92. The second-order valence-corrected chi connectivity index (χ2v) is 6.51. The van der Waals surface area contributed by atoms with Crippen molar-refractivity contribution in [1.29, 1.82) is 0 Å². The molecular weight excluding hydrogens is 242 g/mol. The maximum atomic E-state index is 4.42. The molecule has 106 valence electrons. The molecule has 18 heavy (non-hydrogen) atoms. The smallest absolute Gasteiger partial charge is 0.193 e. The quantitative estimate of drug-likeness (QED) is 0.473. The number of aliphatic imine (C=N–C) groups is 1. The van der Waals surface area contributed by atoms with Crippen LogP contribution in [0.5, 0.6) is 0 Å². The van der Waals surface area contributed by atoms with E-state index in [1.54, 1.807) is 0 Å². The molecule has 1 N–H and O–H groups in total. The van der Waals surface area contributed by atoms with Crippen LogP contribution in [0.2, 0.25) is 0 Å². The Kier molecular flexibility index (Phi) is 7.56. The Morgan fingerprint density at radius 3 is 2.50 bits per heavy atom. The number of piperidine rings is 1. The number of guanidine groups is 1. The van der Waals surface area contributed by atoms with Gasteiger partial charge in [0.15, 0.2) is 5.96 Å². The first-order chi connectivity index (χ1) is 8.67. The maximum absolute atomic E-state index is 4.42. The topological polar surface area (TPSA) is 27.6 Å². The van der Waals surface area contributed by atoms with Crippen LogP contribution in [-0.2, 0) is 0 Å². The van der Waals surface area contributed by atoms with Gasteiger partial charge in [-0.15, -0.1) is 0 Å². The van der Waals surface area contributed by atoms with Gasteiger partial charge in [-0.1, -0.05) is 13.8 Å². The molecule has 1 heterocycles. The van der Waals surface area contributed by atoms with Gasteiger partial charge in [-0.3, -0.25) is 4.99 Å². The van der Waals surface area contributed by atoms with Crippen LogP contribution in [0.4, 0.5) is 0 Å². The molecule has 0 radical (unpaired) electrons. The van der Waals surface area contributed by atoms with Crippen LogP contribution < -0.4 is 5.32 Å². The largest absolute Gasteiger partial charge is 0.356 e. The molecule has 2 unspecified atom stereocenters. The number of nitrogens with zero attached hydrogens (tertiary/aromatic N) is 2. The lowest BCUT2D eigenvalue weighted by atomic mass is 9.92. The average molecular weight is 271 g/mol. The van der Waals surface area contributed by atoms with E-state index < -0.39 is 0 Å². The van der Waals surface area contributed by atoms with Gasteiger partial charge in [0.2, 0.25) is 0 Å². The van der Waals surface area contributed by atoms with E-state index >= 15 is 0 Å². The standard InChI is InChI=1S/C14H29N3S/c1-12-9-13(2)11-17(10-12)14(15-3)16-7-5-6-8-18-4/h12-13H,5-11H2,1-4H3,(H,15,16). The zero-order valence-electron chi connectivity index (χ0n) is 12.4. The van der Waals surface area contributed by atoms with Crippen LogP contribution >= 0.6 is 11.8 Å². The van der Waals surface area contributed by atoms with Gasteiger partial charge < -0.3 is 10.2 Å². The Balaban J connectivity index is 2.32. The molecule has 0 amide bonds. The average Bonchev–Trinajstić information content (AvgIpc) is 2.32. The third kappa shape index (κ3) is 5.51. The van der Waals surface area contributed by atoms with Gasteiger partial charge in [-0.2, -0.15) is 11.8 Å². The molecule has 0 bridgehead atoms. The van der Waals surface area contributed by atoms with Crippen molar-refractivity contribution in [3.05, 3.63) is 0 Å². The minimum atomic E-state index is 0.781. The molecular formula is C14H29N3S. The molecule has 0 spiro atoms. The molecule has 4 heteroatoms. The molecule has 1 saturated heterocycles. The highest BCUT2D eigenvalue weighted by atomic mass is 32.2. The summed E-state index contributed by atoms with van der Waals surface area (Å²) in [5, 5.41) is 3.51. The van der Waals surface area contributed by atoms with Crippen LogP contribution in [0.15, 0.2) is 4.99 Å². The highest BCUT2D eigenvalue weighted by Crippen LogP contribution is 2.20. The van der Waals surface area contributed by atoms with E-state index in [2.05, 4.69) is 35.3 Å². The van der Waals surface area contributed by atoms with Gasteiger partial charge in [0.25, 0.3) is 0 Å². The molecule has 0 aromatic carbocycles. The van der Waals surface area contributed by atoms with Gasteiger partial charge in [0.05, 0.1) is 0 Å². The van der Waals surface area contributed by atoms with Gasteiger partial charge in [-0.05, 0) is 43.1 Å². The van der Waals surface area contributed by atoms with Crippen molar-refractivity contribution in [2.45, 2.75) is 33.1 Å². The summed E-state index contributed by atoms with van der Waals surface area (Å²) in [7, 11) is 1.90. The minimum absolute atomic E-state index is 0.781. The first-order valence-corrected chi connectivity index (χ1v) is 8.51. The van der Waals surface area contributed by atoms with Gasteiger partial charge >= 0.3 is 0 Å². The monoisotopic (exact) mass is 271 g/mol. The molecule has 0 aliphatic carbocycles. The predicted octanol–water partition coefficient (Wildman–Crippen LogP) is 2.68. The molecule has 0 saturated carbocycles. The number of thioether (sulfide) groups is 1. The highest BCUT2D eigenvalue weighted by molar-refractivity contribution is 7.98. The van der Waals surface area contributed by atoms with E-state index in [0.29, 0.717) is 0 Å². The fraction of sp³-hybridized carbons (Fsp3) is 0.929. The van der Waals surface area contributed by atoms with Crippen LogP contribution in [0.1, 0.15) is 33.1 Å². The number of likely N-dealkylation sites (tertiary alicyclic amines) is 1. The number of unbranched alkanes of at least 4 members (excludes halogenated alkanes) is 1. The molecule has 0 aromatic heterocycles. The first-order valence-electron chi connectivity index (χ1n) is 7.12. The molecule has 1 aliphatic rings. The molecule has 1 rings (SSSR count). The van der Waals surface area contributed by atoms with Crippen molar-refractivity contribution in [2.24, 2.45) is 16.8 Å². The fourth-order valence-electron chi connectivity index (χ4n) is 2.74. The Labute approximate surface area is 117 Å². The molecule has 1 aliphatic heterocycles. The van der Waals surface area contributed by atoms with Crippen molar-refractivity contribution in [3.63, 3.8) is 0 Å². The van der Waals surface area contributed by atoms with Crippen molar-refractivity contribution in [2.75, 3.05) is 38.7 Å². The zero-order valence-corrected chi connectivity index (χ0v) is 13.2. The summed E-state index contributed by atoms with van der Waals surface area (Å²) in [6.45, 7) is 8.03. The summed E-state index contributed by atoms with van der Waals surface area (Å²) in [6, 6.07) is 0. The summed E-state index contributed by atoms with van der Waals surface area (Å²) in [6.07, 6.45) is 6.04. The summed E-state index contributed by atoms with van der Waals surface area (Å²) >= 11 is 1.93. The molecule has 1 fully saturated rings. The van der Waals surface area contributed by atoms with Gasteiger partial charge in [0, 0.05) is 26.7 Å². The van der Waals surface area contributed by atoms with Crippen LogP contribution in [0, 0.1) is 11.8 Å². The second-order valence-electron chi connectivity index (χ2n) is 5.52. The Hall–Kier alpha value is -0.380. The number of rotatable bonds is 5. The van der Waals surface area contributed by atoms with E-state index in [1.165, 1.54) is 25.0 Å². The van der Waals surface area contributed by atoms with E-state index in [4.69, 9.17) is 0 Å². The minimum Gasteiger partial charge on any atom is -0.356 e. The number of hydrogen-bond acceptors (Lipinski definition) is 2. The SMILES string of the molecule is CN=C(NCCCCSC)N1CC(C)CC(C)C1.